The van der Waals surface area contributed by atoms with E-state index in [0.29, 0.717) is 13.0 Å². The molecule has 2 N–H and O–H groups in total. The van der Waals surface area contributed by atoms with Crippen LogP contribution in [0.2, 0.25) is 0 Å². The summed E-state index contributed by atoms with van der Waals surface area (Å²) >= 11 is 0. The molecule has 0 amide bonds. The van der Waals surface area contributed by atoms with Gasteiger partial charge >= 0.3 is 5.97 Å². The molecule has 0 aromatic heterocycles. The minimum absolute atomic E-state index is 0.405. The first-order chi connectivity index (χ1) is 7.15. The van der Waals surface area contributed by atoms with E-state index in [1.54, 1.807) is 0 Å². The van der Waals surface area contributed by atoms with Crippen LogP contribution < -0.4 is 5.32 Å². The van der Waals surface area contributed by atoms with Crippen molar-refractivity contribution < 1.29 is 9.90 Å². The molecule has 3 nitrogen and oxygen atoms in total. The smallest absolute Gasteiger partial charge is 0.311 e. The third kappa shape index (κ3) is 3.36. The summed E-state index contributed by atoms with van der Waals surface area (Å²) in [4.78, 5) is 11.1. The summed E-state index contributed by atoms with van der Waals surface area (Å²) in [5.74, 6) is -1.16. The van der Waals surface area contributed by atoms with Crippen LogP contribution in [0.25, 0.3) is 0 Å². The molecule has 0 aliphatic carbocycles. The molecule has 0 aliphatic heterocycles. The number of nitrogens with one attached hydrogen (secondary N) is 1. The van der Waals surface area contributed by atoms with Gasteiger partial charge in [-0.15, -0.1) is 0 Å². The molecule has 0 saturated heterocycles. The van der Waals surface area contributed by atoms with Crippen LogP contribution in [0.3, 0.4) is 0 Å². The van der Waals surface area contributed by atoms with E-state index in [1.165, 1.54) is 0 Å². The lowest BCUT2D eigenvalue weighted by Gasteiger charge is -2.12. The Hall–Kier alpha value is -1.35. The Bertz CT molecular complexity index is 336. The fourth-order valence-corrected chi connectivity index (χ4v) is 1.61. The van der Waals surface area contributed by atoms with Crippen LogP contribution >= 0.6 is 0 Å². The number of carbonyl (C=O) groups is 1. The molecule has 1 unspecified atom stereocenters. The first-order valence-electron chi connectivity index (χ1n) is 5.09. The fraction of sp³-hybridized carbons (Fsp3) is 0.417. The molecular weight excluding hydrogens is 190 g/mol. The zero-order valence-corrected chi connectivity index (χ0v) is 9.16. The number of aryl methyl sites for hydroxylation is 1. The van der Waals surface area contributed by atoms with Gasteiger partial charge in [-0.05, 0) is 32.5 Å². The summed E-state index contributed by atoms with van der Waals surface area (Å²) in [5.41, 5.74) is 1.99. The fourth-order valence-electron chi connectivity index (χ4n) is 1.61. The highest BCUT2D eigenvalue weighted by atomic mass is 16.4. The topological polar surface area (TPSA) is 49.3 Å². The molecule has 0 heterocycles. The standard InChI is InChI=1S/C12H17NO2/c1-9-4-3-5-10(8-9)11(12(14)15)6-7-13-2/h3-5,8,11,13H,6-7H2,1-2H3,(H,14,15). The van der Waals surface area contributed by atoms with Gasteiger partial charge < -0.3 is 10.4 Å². The summed E-state index contributed by atoms with van der Waals surface area (Å²) in [6.45, 7) is 2.69. The van der Waals surface area contributed by atoms with Crippen LogP contribution in [-0.2, 0) is 4.79 Å². The predicted molar refractivity (Wildman–Crippen MR) is 60.1 cm³/mol. The van der Waals surface area contributed by atoms with Crippen molar-refractivity contribution in [3.05, 3.63) is 35.4 Å². The Morgan fingerprint density at radius 1 is 1.53 bits per heavy atom. The molecule has 1 rings (SSSR count). The van der Waals surface area contributed by atoms with Gasteiger partial charge in [0.05, 0.1) is 5.92 Å². The van der Waals surface area contributed by atoms with E-state index < -0.39 is 11.9 Å². The molecule has 1 aromatic carbocycles. The lowest BCUT2D eigenvalue weighted by atomic mass is 9.94. The Morgan fingerprint density at radius 3 is 2.80 bits per heavy atom. The van der Waals surface area contributed by atoms with Crippen molar-refractivity contribution in [3.63, 3.8) is 0 Å². The molecule has 82 valence electrons. The summed E-state index contributed by atoms with van der Waals surface area (Å²) < 4.78 is 0. The Balaban J connectivity index is 2.84. The lowest BCUT2D eigenvalue weighted by molar-refractivity contribution is -0.138. The number of hydrogen-bond donors (Lipinski definition) is 2. The van der Waals surface area contributed by atoms with Crippen molar-refractivity contribution in [2.24, 2.45) is 0 Å². The quantitative estimate of drug-likeness (QED) is 0.773. The van der Waals surface area contributed by atoms with E-state index in [2.05, 4.69) is 5.32 Å². The van der Waals surface area contributed by atoms with Crippen molar-refractivity contribution in [3.8, 4) is 0 Å². The number of benzene rings is 1. The van der Waals surface area contributed by atoms with Gasteiger partial charge in [-0.25, -0.2) is 0 Å². The third-order valence-corrected chi connectivity index (χ3v) is 2.43. The molecule has 0 radical (unpaired) electrons. The molecule has 1 atom stereocenters. The Kier molecular flexibility index (Phi) is 4.31. The number of hydrogen-bond acceptors (Lipinski definition) is 2. The number of carboxylic acids is 1. The predicted octanol–water partition coefficient (Wildman–Crippen LogP) is 1.77. The molecular formula is C12H17NO2. The van der Waals surface area contributed by atoms with Gasteiger partial charge in [-0.3, -0.25) is 4.79 Å². The van der Waals surface area contributed by atoms with Gasteiger partial charge in [0.1, 0.15) is 0 Å². The van der Waals surface area contributed by atoms with E-state index in [9.17, 15) is 4.79 Å². The first-order valence-corrected chi connectivity index (χ1v) is 5.09. The molecule has 15 heavy (non-hydrogen) atoms. The van der Waals surface area contributed by atoms with Crippen LogP contribution in [0.5, 0.6) is 0 Å². The normalized spacial score (nSPS) is 12.4. The maximum atomic E-state index is 11.1. The maximum absolute atomic E-state index is 11.1. The minimum atomic E-state index is -0.754. The van der Waals surface area contributed by atoms with Gasteiger partial charge in [0.2, 0.25) is 0 Å². The summed E-state index contributed by atoms with van der Waals surface area (Å²) in [6.07, 6.45) is 0.620. The number of aliphatic carboxylic acids is 1. The molecule has 3 heteroatoms. The molecule has 0 spiro atoms. The highest BCUT2D eigenvalue weighted by Crippen LogP contribution is 2.20. The van der Waals surface area contributed by atoms with Crippen LogP contribution in [0.15, 0.2) is 24.3 Å². The van der Waals surface area contributed by atoms with E-state index in [0.717, 1.165) is 11.1 Å². The Morgan fingerprint density at radius 2 is 2.27 bits per heavy atom. The van der Waals surface area contributed by atoms with Gasteiger partial charge in [-0.2, -0.15) is 0 Å². The van der Waals surface area contributed by atoms with Crippen LogP contribution in [0.1, 0.15) is 23.5 Å². The molecule has 0 aliphatic rings. The van der Waals surface area contributed by atoms with E-state index in [1.807, 2.05) is 38.2 Å². The van der Waals surface area contributed by atoms with Crippen LogP contribution in [-0.4, -0.2) is 24.7 Å². The van der Waals surface area contributed by atoms with Crippen molar-refractivity contribution in [1.82, 2.24) is 5.32 Å². The molecule has 1 aromatic rings. The van der Waals surface area contributed by atoms with Crippen molar-refractivity contribution >= 4 is 5.97 Å². The zero-order chi connectivity index (χ0) is 11.3. The first kappa shape index (κ1) is 11.7. The summed E-state index contributed by atoms with van der Waals surface area (Å²) in [5, 5.41) is 12.1. The minimum Gasteiger partial charge on any atom is -0.481 e. The van der Waals surface area contributed by atoms with Gasteiger partial charge in [-0.1, -0.05) is 29.8 Å². The van der Waals surface area contributed by atoms with Crippen molar-refractivity contribution in [2.45, 2.75) is 19.3 Å². The largest absolute Gasteiger partial charge is 0.481 e. The third-order valence-electron chi connectivity index (χ3n) is 2.43. The molecule has 0 saturated carbocycles. The van der Waals surface area contributed by atoms with Crippen LogP contribution in [0, 0.1) is 6.92 Å². The highest BCUT2D eigenvalue weighted by molar-refractivity contribution is 5.76. The number of carboxylic acid groups (broad SMARTS) is 1. The van der Waals surface area contributed by atoms with Gasteiger partial charge in [0, 0.05) is 0 Å². The lowest BCUT2D eigenvalue weighted by Crippen LogP contribution is -2.18. The number of rotatable bonds is 5. The summed E-state index contributed by atoms with van der Waals surface area (Å²) in [7, 11) is 1.83. The average Bonchev–Trinajstić information content (AvgIpc) is 2.18. The van der Waals surface area contributed by atoms with E-state index in [4.69, 9.17) is 5.11 Å². The van der Waals surface area contributed by atoms with E-state index >= 15 is 0 Å². The SMILES string of the molecule is CNCCC(C(=O)O)c1cccc(C)c1. The second-order valence-electron chi connectivity index (χ2n) is 3.70. The molecule has 0 bridgehead atoms. The maximum Gasteiger partial charge on any atom is 0.311 e. The highest BCUT2D eigenvalue weighted by Gasteiger charge is 2.18. The monoisotopic (exact) mass is 207 g/mol. The second-order valence-corrected chi connectivity index (χ2v) is 3.70. The van der Waals surface area contributed by atoms with Crippen LogP contribution in [0.4, 0.5) is 0 Å². The summed E-state index contributed by atoms with van der Waals surface area (Å²) in [6, 6.07) is 7.69. The van der Waals surface area contributed by atoms with Gasteiger partial charge in [0.15, 0.2) is 0 Å². The van der Waals surface area contributed by atoms with Crippen molar-refractivity contribution in [2.75, 3.05) is 13.6 Å². The van der Waals surface area contributed by atoms with Crippen molar-refractivity contribution in [1.29, 1.82) is 0 Å². The average molecular weight is 207 g/mol. The molecule has 0 fully saturated rings. The zero-order valence-electron chi connectivity index (χ0n) is 9.16. The second kappa shape index (κ2) is 5.51. The van der Waals surface area contributed by atoms with Gasteiger partial charge in [0.25, 0.3) is 0 Å². The Labute approximate surface area is 90.1 Å². The van der Waals surface area contributed by atoms with E-state index in [-0.39, 0.29) is 0 Å².